The van der Waals surface area contributed by atoms with Crippen LogP contribution in [0.2, 0.25) is 0 Å². The maximum Gasteiger partial charge on any atom is 0.0121 e. The maximum absolute atomic E-state index is 5.22. The van der Waals surface area contributed by atoms with Crippen LogP contribution >= 0.6 is 0 Å². The zero-order valence-electron chi connectivity index (χ0n) is 15.3. The normalized spacial score (nSPS) is 11.1. The number of hydrogen-bond donors (Lipinski definition) is 0. The van der Waals surface area contributed by atoms with Crippen molar-refractivity contribution in [3.8, 4) is 12.3 Å². The molecule has 22 heavy (non-hydrogen) atoms. The van der Waals surface area contributed by atoms with Gasteiger partial charge < -0.3 is 0 Å². The Morgan fingerprint density at radius 2 is 1.00 bits per heavy atom. The van der Waals surface area contributed by atoms with Crippen molar-refractivity contribution in [1.29, 1.82) is 0 Å². The van der Waals surface area contributed by atoms with Crippen LogP contribution in [0, 0.1) is 12.3 Å². The summed E-state index contributed by atoms with van der Waals surface area (Å²) in [6.07, 6.45) is 33.0. The largest absolute Gasteiger partial charge is 0.120 e. The molecule has 0 saturated heterocycles. The number of terminal acetylenes is 1. The molecule has 0 amide bonds. The molecule has 0 saturated carbocycles. The van der Waals surface area contributed by atoms with Crippen molar-refractivity contribution in [2.75, 3.05) is 0 Å². The van der Waals surface area contributed by atoms with E-state index in [0.29, 0.717) is 0 Å². The molecule has 128 valence electrons. The Morgan fingerprint density at radius 1 is 0.591 bits per heavy atom. The molecule has 0 bridgehead atoms. The first-order valence-corrected chi connectivity index (χ1v) is 10.00. The van der Waals surface area contributed by atoms with Gasteiger partial charge in [0.25, 0.3) is 0 Å². The van der Waals surface area contributed by atoms with Crippen LogP contribution in [0.3, 0.4) is 0 Å². The number of allylic oxidation sites excluding steroid dienone is 2. The van der Waals surface area contributed by atoms with E-state index in [4.69, 9.17) is 6.42 Å². The third-order valence-corrected chi connectivity index (χ3v) is 4.35. The van der Waals surface area contributed by atoms with E-state index in [1.54, 1.807) is 0 Å². The van der Waals surface area contributed by atoms with Crippen molar-refractivity contribution < 1.29 is 0 Å². The number of unbranched alkanes of at least 4 members (excludes halogenated alkanes) is 15. The zero-order valence-corrected chi connectivity index (χ0v) is 15.3. The van der Waals surface area contributed by atoms with Gasteiger partial charge in [-0.1, -0.05) is 103 Å². The molecule has 0 aromatic heterocycles. The standard InChI is InChI=1S/C22H40/c1-3-5-7-9-11-13-15-17-19-21-22-20-18-16-14-12-10-8-6-4-2/h1,9,11H,4-8,10,12-22H2,2H3/b11-9-. The van der Waals surface area contributed by atoms with Crippen molar-refractivity contribution >= 4 is 0 Å². The van der Waals surface area contributed by atoms with Crippen LogP contribution in [0.5, 0.6) is 0 Å². The highest BCUT2D eigenvalue weighted by atomic mass is 14.0. The lowest BCUT2D eigenvalue weighted by Gasteiger charge is -2.02. The predicted octanol–water partition coefficient (Wildman–Crippen LogP) is 7.83. The van der Waals surface area contributed by atoms with Gasteiger partial charge in [-0.05, 0) is 19.3 Å². The summed E-state index contributed by atoms with van der Waals surface area (Å²) in [5, 5.41) is 0. The molecule has 0 aliphatic carbocycles. The van der Waals surface area contributed by atoms with E-state index in [9.17, 15) is 0 Å². The molecule has 0 heteroatoms. The molecule has 0 aliphatic heterocycles. The molecule has 0 atom stereocenters. The van der Waals surface area contributed by atoms with Gasteiger partial charge in [-0.2, -0.15) is 0 Å². The van der Waals surface area contributed by atoms with Crippen LogP contribution in [0.1, 0.15) is 116 Å². The summed E-state index contributed by atoms with van der Waals surface area (Å²) in [6, 6.07) is 0. The second-order valence-corrected chi connectivity index (χ2v) is 6.60. The highest BCUT2D eigenvalue weighted by Gasteiger charge is 1.93. The summed E-state index contributed by atoms with van der Waals surface area (Å²) in [7, 11) is 0. The molecule has 0 spiro atoms. The molecule has 0 heterocycles. The molecule has 0 radical (unpaired) electrons. The van der Waals surface area contributed by atoms with E-state index < -0.39 is 0 Å². The maximum atomic E-state index is 5.22. The molecule has 0 rings (SSSR count). The van der Waals surface area contributed by atoms with E-state index in [0.717, 1.165) is 12.8 Å². The molecular formula is C22H40. The van der Waals surface area contributed by atoms with Gasteiger partial charge in [0.1, 0.15) is 0 Å². The average Bonchev–Trinajstić information content (AvgIpc) is 2.54. The molecule has 0 aromatic rings. The fraction of sp³-hybridized carbons (Fsp3) is 0.818. The Labute approximate surface area is 141 Å². The smallest absolute Gasteiger partial charge is 0.0121 e. The Kier molecular flexibility index (Phi) is 19.7. The quantitative estimate of drug-likeness (QED) is 0.146. The Hall–Kier alpha value is -0.700. The van der Waals surface area contributed by atoms with Gasteiger partial charge in [-0.3, -0.25) is 0 Å². The highest BCUT2D eigenvalue weighted by Crippen LogP contribution is 2.13. The Bertz CT molecular complexity index is 256. The summed E-state index contributed by atoms with van der Waals surface area (Å²) in [5.74, 6) is 2.67. The fourth-order valence-corrected chi connectivity index (χ4v) is 2.86. The predicted molar refractivity (Wildman–Crippen MR) is 102 cm³/mol. The van der Waals surface area contributed by atoms with Crippen LogP contribution in [-0.2, 0) is 0 Å². The van der Waals surface area contributed by atoms with Crippen molar-refractivity contribution in [2.45, 2.75) is 116 Å². The van der Waals surface area contributed by atoms with E-state index >= 15 is 0 Å². The van der Waals surface area contributed by atoms with Gasteiger partial charge in [0.05, 0.1) is 0 Å². The number of rotatable bonds is 17. The fourth-order valence-electron chi connectivity index (χ4n) is 2.86. The minimum Gasteiger partial charge on any atom is -0.120 e. The van der Waals surface area contributed by atoms with E-state index in [1.807, 2.05) is 0 Å². The molecule has 0 fully saturated rings. The first-order valence-electron chi connectivity index (χ1n) is 10.00. The molecule has 0 unspecified atom stereocenters. The Balaban J connectivity index is 3.00. The third-order valence-electron chi connectivity index (χ3n) is 4.35. The van der Waals surface area contributed by atoms with Gasteiger partial charge in [-0.25, -0.2) is 0 Å². The lowest BCUT2D eigenvalue weighted by molar-refractivity contribution is 0.536. The molecule has 0 N–H and O–H groups in total. The lowest BCUT2D eigenvalue weighted by Crippen LogP contribution is -1.83. The van der Waals surface area contributed by atoms with Crippen LogP contribution in [0.15, 0.2) is 12.2 Å². The van der Waals surface area contributed by atoms with Gasteiger partial charge in [0, 0.05) is 6.42 Å². The first-order chi connectivity index (χ1) is 10.9. The zero-order chi connectivity index (χ0) is 16.1. The summed E-state index contributed by atoms with van der Waals surface area (Å²) < 4.78 is 0. The van der Waals surface area contributed by atoms with Crippen LogP contribution in [-0.4, -0.2) is 0 Å². The van der Waals surface area contributed by atoms with Crippen LogP contribution in [0.25, 0.3) is 0 Å². The van der Waals surface area contributed by atoms with Crippen molar-refractivity contribution in [3.63, 3.8) is 0 Å². The van der Waals surface area contributed by atoms with E-state index in [1.165, 1.54) is 96.3 Å². The Morgan fingerprint density at radius 3 is 1.45 bits per heavy atom. The molecule has 0 aliphatic rings. The van der Waals surface area contributed by atoms with E-state index in [-0.39, 0.29) is 0 Å². The van der Waals surface area contributed by atoms with Gasteiger partial charge >= 0.3 is 0 Å². The van der Waals surface area contributed by atoms with Crippen molar-refractivity contribution in [1.82, 2.24) is 0 Å². The summed E-state index contributed by atoms with van der Waals surface area (Å²) in [5.41, 5.74) is 0. The van der Waals surface area contributed by atoms with Gasteiger partial charge in [0.2, 0.25) is 0 Å². The second-order valence-electron chi connectivity index (χ2n) is 6.60. The molecule has 0 nitrogen and oxygen atoms in total. The van der Waals surface area contributed by atoms with Crippen molar-refractivity contribution in [2.24, 2.45) is 0 Å². The van der Waals surface area contributed by atoms with Crippen LogP contribution in [0.4, 0.5) is 0 Å². The monoisotopic (exact) mass is 304 g/mol. The van der Waals surface area contributed by atoms with Crippen LogP contribution < -0.4 is 0 Å². The topological polar surface area (TPSA) is 0 Å². The van der Waals surface area contributed by atoms with Gasteiger partial charge in [0.15, 0.2) is 0 Å². The minimum absolute atomic E-state index is 0.884. The van der Waals surface area contributed by atoms with Gasteiger partial charge in [-0.15, -0.1) is 12.3 Å². The third kappa shape index (κ3) is 19.3. The summed E-state index contributed by atoms with van der Waals surface area (Å²) in [6.45, 7) is 2.29. The lowest BCUT2D eigenvalue weighted by atomic mass is 10.0. The number of hydrogen-bond acceptors (Lipinski definition) is 0. The minimum atomic E-state index is 0.884. The highest BCUT2D eigenvalue weighted by molar-refractivity contribution is 4.90. The average molecular weight is 305 g/mol. The molecule has 0 aromatic carbocycles. The second kappa shape index (κ2) is 20.3. The summed E-state index contributed by atoms with van der Waals surface area (Å²) in [4.78, 5) is 0. The molecular weight excluding hydrogens is 264 g/mol. The van der Waals surface area contributed by atoms with Crippen molar-refractivity contribution in [3.05, 3.63) is 12.2 Å². The SMILES string of the molecule is C#CCC/C=C\CCCCCCCCCCCCCCCC. The van der Waals surface area contributed by atoms with E-state index in [2.05, 4.69) is 25.0 Å². The first kappa shape index (κ1) is 21.3. The summed E-state index contributed by atoms with van der Waals surface area (Å²) >= 11 is 0.